The monoisotopic (exact) mass is 643 g/mol. The number of carbonyl (C=O) groups excluding carboxylic acids is 3. The topological polar surface area (TPSA) is 149 Å². The molecule has 14 heteroatoms. The van der Waals surface area contributed by atoms with Crippen LogP contribution in [-0.4, -0.2) is 110 Å². The second-order valence-electron chi connectivity index (χ2n) is 10.00. The summed E-state index contributed by atoms with van der Waals surface area (Å²) >= 11 is 0. The summed E-state index contributed by atoms with van der Waals surface area (Å²) in [4.78, 5) is 51.9. The number of methoxy groups -OCH3 is 1. The van der Waals surface area contributed by atoms with Crippen LogP contribution in [0.15, 0.2) is 36.4 Å². The summed E-state index contributed by atoms with van der Waals surface area (Å²) in [6.07, 6.45) is 0.850. The van der Waals surface area contributed by atoms with Gasteiger partial charge in [-0.3, -0.25) is 14.2 Å². The molecule has 2 heterocycles. The maximum Gasteiger partial charge on any atom is 0.409 e. The number of nitrogens with one attached hydrogen (secondary N) is 1. The van der Waals surface area contributed by atoms with Crippen LogP contribution in [0.1, 0.15) is 49.8 Å². The molecule has 1 N–H and O–H groups in total. The molecule has 1 fully saturated rings. The number of rotatable bonds is 14. The lowest BCUT2D eigenvalue weighted by Gasteiger charge is -2.36. The van der Waals surface area contributed by atoms with Crippen LogP contribution in [0.4, 0.5) is 4.79 Å². The Kier molecular flexibility index (Phi) is 14.4. The van der Waals surface area contributed by atoms with E-state index in [4.69, 9.17) is 18.5 Å². The van der Waals surface area contributed by atoms with Gasteiger partial charge in [0.25, 0.3) is 5.91 Å². The Labute approximate surface area is 264 Å². The zero-order chi connectivity index (χ0) is 32.7. The Hall–Kier alpha value is -3.82. The molecule has 0 saturated carbocycles. The van der Waals surface area contributed by atoms with Gasteiger partial charge < -0.3 is 33.6 Å². The quantitative estimate of drug-likeness (QED) is 0.184. The molecule has 13 nitrogen and oxygen atoms in total. The zero-order valence-corrected chi connectivity index (χ0v) is 27.2. The summed E-state index contributed by atoms with van der Waals surface area (Å²) in [7, 11) is -2.26. The Balaban J connectivity index is 1.87. The van der Waals surface area contributed by atoms with E-state index in [9.17, 15) is 18.9 Å². The van der Waals surface area contributed by atoms with Crippen molar-refractivity contribution in [3.63, 3.8) is 0 Å². The van der Waals surface area contributed by atoms with Crippen molar-refractivity contribution < 1.29 is 37.5 Å². The highest BCUT2D eigenvalue weighted by Crippen LogP contribution is 2.48. The highest BCUT2D eigenvalue weighted by Gasteiger charge is 2.37. The number of benzene rings is 1. The number of aromatic nitrogens is 2. The molecule has 244 valence electrons. The number of ether oxygens (including phenoxy) is 2. The minimum atomic E-state index is -3.77. The highest BCUT2D eigenvalue weighted by atomic mass is 31.2. The molecule has 45 heavy (non-hydrogen) atoms. The van der Waals surface area contributed by atoms with Crippen LogP contribution in [-0.2, 0) is 27.9 Å². The first-order chi connectivity index (χ1) is 21.7. The van der Waals surface area contributed by atoms with E-state index in [1.807, 2.05) is 25.1 Å². The van der Waals surface area contributed by atoms with E-state index in [-0.39, 0.29) is 63.2 Å². The third-order valence-electron chi connectivity index (χ3n) is 6.66. The van der Waals surface area contributed by atoms with Gasteiger partial charge in [-0.2, -0.15) is 0 Å². The van der Waals surface area contributed by atoms with Crippen molar-refractivity contribution in [1.82, 2.24) is 25.1 Å². The van der Waals surface area contributed by atoms with Gasteiger partial charge in [0.1, 0.15) is 24.0 Å². The van der Waals surface area contributed by atoms with E-state index in [1.165, 1.54) is 23.0 Å². The second-order valence-corrected chi connectivity index (χ2v) is 12.1. The van der Waals surface area contributed by atoms with E-state index in [0.29, 0.717) is 12.2 Å². The van der Waals surface area contributed by atoms with Gasteiger partial charge in [0.2, 0.25) is 5.91 Å². The Morgan fingerprint density at radius 2 is 1.67 bits per heavy atom. The van der Waals surface area contributed by atoms with E-state index < -0.39 is 37.7 Å². The Morgan fingerprint density at radius 3 is 2.29 bits per heavy atom. The number of nitrogens with zero attached hydrogens (tertiary/aromatic N) is 4. The van der Waals surface area contributed by atoms with Crippen molar-refractivity contribution >= 4 is 25.5 Å². The first-order valence-electron chi connectivity index (χ1n) is 15.0. The molecule has 1 aliphatic rings. The standard InChI is InChI=1S/C31H42N5O8P/c1-5-8-21-42-31(39)36-18-16-35(17-19-36)30(38)27(23-45(40,43-6-2)44-7-3)34-29(37)26-22-25(15-12-20-41-4)32-28(33-26)24-13-10-9-11-14-24/h9-11,13-14,22,27H,5-8,16-21,23H2,1-4H3,(H,34,37)/t27-/m0/s1. The number of hydrogen-bond acceptors (Lipinski definition) is 10. The molecule has 2 aromatic rings. The van der Waals surface area contributed by atoms with E-state index >= 15 is 0 Å². The summed E-state index contributed by atoms with van der Waals surface area (Å²) in [5.41, 5.74) is 0.911. The fourth-order valence-electron chi connectivity index (χ4n) is 4.44. The van der Waals surface area contributed by atoms with E-state index in [0.717, 1.165) is 12.8 Å². The normalized spacial score (nSPS) is 13.9. The average Bonchev–Trinajstić information content (AvgIpc) is 3.05. The molecule has 1 aromatic heterocycles. The predicted octanol–water partition coefficient (Wildman–Crippen LogP) is 3.59. The number of unbranched alkanes of at least 4 members (excludes halogenated alkanes) is 1. The van der Waals surface area contributed by atoms with Crippen LogP contribution < -0.4 is 5.32 Å². The van der Waals surface area contributed by atoms with Crippen LogP contribution in [0.5, 0.6) is 0 Å². The number of amides is 3. The second kappa shape index (κ2) is 18.2. The predicted molar refractivity (Wildman–Crippen MR) is 168 cm³/mol. The van der Waals surface area contributed by atoms with Gasteiger partial charge in [0.05, 0.1) is 26.0 Å². The van der Waals surface area contributed by atoms with Gasteiger partial charge in [0.15, 0.2) is 5.82 Å². The number of carbonyl (C=O) groups is 3. The van der Waals surface area contributed by atoms with E-state index in [2.05, 4.69) is 27.1 Å². The third kappa shape index (κ3) is 10.9. The summed E-state index contributed by atoms with van der Waals surface area (Å²) < 4.78 is 34.8. The van der Waals surface area contributed by atoms with Crippen LogP contribution in [0.2, 0.25) is 0 Å². The fourth-order valence-corrected chi connectivity index (χ4v) is 6.21. The minimum Gasteiger partial charge on any atom is -0.449 e. The number of piperazine rings is 1. The van der Waals surface area contributed by atoms with Gasteiger partial charge in [-0.05, 0) is 26.2 Å². The molecule has 1 saturated heterocycles. The average molecular weight is 644 g/mol. The molecule has 1 aliphatic heterocycles. The Bertz CT molecular complexity index is 1380. The maximum atomic E-state index is 13.8. The largest absolute Gasteiger partial charge is 0.449 e. The van der Waals surface area contributed by atoms with Gasteiger partial charge >= 0.3 is 13.7 Å². The highest BCUT2D eigenvalue weighted by molar-refractivity contribution is 7.54. The lowest BCUT2D eigenvalue weighted by Crippen LogP contribution is -2.57. The van der Waals surface area contributed by atoms with E-state index in [1.54, 1.807) is 26.0 Å². The SMILES string of the molecule is CCCCOC(=O)N1CCN(C(=O)[C@H](CP(=O)(OCC)OCC)NC(=O)c2cc(C#CCOC)nc(-c3ccccc3)n2)CC1. The van der Waals surface area contributed by atoms with Crippen LogP contribution in [0.25, 0.3) is 11.4 Å². The van der Waals surface area contributed by atoms with Crippen LogP contribution in [0.3, 0.4) is 0 Å². The first-order valence-corrected chi connectivity index (χ1v) is 16.8. The van der Waals surface area contributed by atoms with Crippen LogP contribution >= 0.6 is 7.60 Å². The first kappa shape index (κ1) is 35.7. The van der Waals surface area contributed by atoms with Crippen molar-refractivity contribution in [3.8, 4) is 23.2 Å². The fraction of sp³-hybridized carbons (Fsp3) is 0.516. The van der Waals surface area contributed by atoms with Crippen molar-refractivity contribution in [2.24, 2.45) is 0 Å². The molecule has 0 unspecified atom stereocenters. The smallest absolute Gasteiger partial charge is 0.409 e. The summed E-state index contributed by atoms with van der Waals surface area (Å²) in [6.45, 7) is 6.91. The Morgan fingerprint density at radius 1 is 1.00 bits per heavy atom. The van der Waals surface area contributed by atoms with Gasteiger partial charge in [-0.15, -0.1) is 0 Å². The molecular formula is C31H42N5O8P. The lowest BCUT2D eigenvalue weighted by atomic mass is 10.2. The molecule has 0 radical (unpaired) electrons. The molecule has 0 spiro atoms. The van der Waals surface area contributed by atoms with Crippen molar-refractivity contribution in [2.75, 3.05) is 65.9 Å². The summed E-state index contributed by atoms with van der Waals surface area (Å²) in [6, 6.07) is 9.23. The summed E-state index contributed by atoms with van der Waals surface area (Å²) in [5, 5.41) is 2.71. The molecule has 0 aliphatic carbocycles. The van der Waals surface area contributed by atoms with Crippen molar-refractivity contribution in [3.05, 3.63) is 47.8 Å². The molecule has 3 amide bonds. The maximum absolute atomic E-state index is 13.8. The van der Waals surface area contributed by atoms with Gasteiger partial charge in [-0.1, -0.05) is 49.6 Å². The van der Waals surface area contributed by atoms with Gasteiger partial charge in [0, 0.05) is 44.9 Å². The van der Waals surface area contributed by atoms with Gasteiger partial charge in [-0.25, -0.2) is 14.8 Å². The molecule has 0 bridgehead atoms. The van der Waals surface area contributed by atoms with Crippen molar-refractivity contribution in [1.29, 1.82) is 0 Å². The molecular weight excluding hydrogens is 601 g/mol. The summed E-state index contributed by atoms with van der Waals surface area (Å²) in [5.74, 6) is 4.78. The molecule has 1 aromatic carbocycles. The number of hydrogen-bond donors (Lipinski definition) is 1. The minimum absolute atomic E-state index is 0.0364. The lowest BCUT2D eigenvalue weighted by molar-refractivity contribution is -0.134. The molecule has 3 rings (SSSR count). The molecule has 1 atom stereocenters. The van der Waals surface area contributed by atoms with Crippen molar-refractivity contribution in [2.45, 2.75) is 39.7 Å². The third-order valence-corrected chi connectivity index (χ3v) is 8.77. The zero-order valence-electron chi connectivity index (χ0n) is 26.3. The van der Waals surface area contributed by atoms with Crippen LogP contribution in [0, 0.1) is 11.8 Å².